The number of hydrogen-bond acceptors (Lipinski definition) is 1. The smallest absolute Gasteiger partial charge is 0.228 e. The van der Waals surface area contributed by atoms with Gasteiger partial charge in [-0.2, -0.15) is 0 Å². The lowest BCUT2D eigenvalue weighted by Gasteiger charge is -2.00. The quantitative estimate of drug-likeness (QED) is 0.370. The Labute approximate surface area is 88.5 Å². The molecule has 2 nitrogen and oxygen atoms in total. The van der Waals surface area contributed by atoms with Crippen LogP contribution in [0.2, 0.25) is 0 Å². The second kappa shape index (κ2) is 12.5. The first-order chi connectivity index (χ1) is 6.91. The van der Waals surface area contributed by atoms with E-state index in [1.807, 2.05) is 0 Å². The molecule has 2 radical (unpaired) electrons. The van der Waals surface area contributed by atoms with Crippen molar-refractivity contribution in [1.82, 2.24) is 5.32 Å². The third-order valence-corrected chi connectivity index (χ3v) is 2.36. The van der Waals surface area contributed by atoms with Crippen LogP contribution in [0.4, 0.5) is 0 Å². The zero-order valence-electron chi connectivity index (χ0n) is 9.21. The molecule has 0 N–H and O–H groups in total. The molecule has 0 fully saturated rings. The third kappa shape index (κ3) is 11.5. The van der Waals surface area contributed by atoms with Gasteiger partial charge < -0.3 is 0 Å². The van der Waals surface area contributed by atoms with Gasteiger partial charge in [0.1, 0.15) is 0 Å². The van der Waals surface area contributed by atoms with Crippen LogP contribution in [0.5, 0.6) is 0 Å². The molecule has 0 aliphatic rings. The van der Waals surface area contributed by atoms with Crippen molar-refractivity contribution in [2.24, 2.45) is 0 Å². The third-order valence-electron chi connectivity index (χ3n) is 2.36. The van der Waals surface area contributed by atoms with Crippen LogP contribution in [0.3, 0.4) is 0 Å². The van der Waals surface area contributed by atoms with Crippen molar-refractivity contribution in [3.8, 4) is 0 Å². The van der Waals surface area contributed by atoms with Crippen LogP contribution in [0.25, 0.3) is 0 Å². The highest BCUT2D eigenvalue weighted by molar-refractivity contribution is 5.45. The van der Waals surface area contributed by atoms with Crippen molar-refractivity contribution in [3.63, 3.8) is 0 Å². The van der Waals surface area contributed by atoms with E-state index in [-0.39, 0.29) is 0 Å². The molecule has 0 atom stereocenters. The summed E-state index contributed by atoms with van der Waals surface area (Å²) in [6, 6.07) is 0. The van der Waals surface area contributed by atoms with Crippen LogP contribution < -0.4 is 5.32 Å². The van der Waals surface area contributed by atoms with Crippen molar-refractivity contribution < 1.29 is 4.79 Å². The lowest BCUT2D eigenvalue weighted by Crippen LogP contribution is -2.02. The van der Waals surface area contributed by atoms with E-state index in [2.05, 4.69) is 12.2 Å². The molecule has 2 heteroatoms. The maximum absolute atomic E-state index is 9.87. The summed E-state index contributed by atoms with van der Waals surface area (Å²) >= 11 is 0. The summed E-state index contributed by atoms with van der Waals surface area (Å²) in [7, 11) is 0. The molecule has 0 heterocycles. The van der Waals surface area contributed by atoms with Gasteiger partial charge in [-0.05, 0) is 6.42 Å². The Kier molecular flexibility index (Phi) is 12.0. The first kappa shape index (κ1) is 13.5. The van der Waals surface area contributed by atoms with Crippen molar-refractivity contribution in [3.05, 3.63) is 6.92 Å². The van der Waals surface area contributed by atoms with E-state index >= 15 is 0 Å². The Hall–Kier alpha value is -0.530. The molecule has 0 rings (SSSR count). The second-order valence-electron chi connectivity index (χ2n) is 3.69. The molecular weight excluding hydrogens is 174 g/mol. The van der Waals surface area contributed by atoms with E-state index in [9.17, 15) is 4.79 Å². The van der Waals surface area contributed by atoms with E-state index in [4.69, 9.17) is 0 Å². The summed E-state index contributed by atoms with van der Waals surface area (Å²) in [4.78, 5) is 9.87. The van der Waals surface area contributed by atoms with Crippen LogP contribution in [-0.4, -0.2) is 13.0 Å². The largest absolute Gasteiger partial charge is 0.277 e. The number of rotatable bonds is 11. The van der Waals surface area contributed by atoms with Crippen LogP contribution in [0.15, 0.2) is 0 Å². The Morgan fingerprint density at radius 1 is 0.857 bits per heavy atom. The molecule has 0 bridgehead atoms. The van der Waals surface area contributed by atoms with E-state index in [1.165, 1.54) is 44.9 Å². The summed E-state index contributed by atoms with van der Waals surface area (Å²) in [5, 5.41) is 3.64. The molecule has 0 aliphatic heterocycles. The maximum Gasteiger partial charge on any atom is 0.228 e. The molecule has 82 valence electrons. The summed E-state index contributed by atoms with van der Waals surface area (Å²) in [5.41, 5.74) is 0. The van der Waals surface area contributed by atoms with Crippen molar-refractivity contribution in [2.75, 3.05) is 6.54 Å². The van der Waals surface area contributed by atoms with Crippen LogP contribution in [0.1, 0.15) is 57.8 Å². The Morgan fingerprint density at radius 3 is 1.86 bits per heavy atom. The minimum absolute atomic E-state index is 0.652. The standard InChI is InChI=1S/C12H23NO/c1-2-3-4-5-6-7-8-9-10-11-13-12-14/h12H,1-11H2. The Bertz CT molecular complexity index is 115. The fourth-order valence-electron chi connectivity index (χ4n) is 1.49. The fourth-order valence-corrected chi connectivity index (χ4v) is 1.49. The zero-order valence-corrected chi connectivity index (χ0v) is 9.21. The molecule has 0 unspecified atom stereocenters. The van der Waals surface area contributed by atoms with Gasteiger partial charge in [-0.15, -0.1) is 0 Å². The van der Waals surface area contributed by atoms with Crippen LogP contribution >= 0.6 is 0 Å². The summed E-state index contributed by atoms with van der Waals surface area (Å²) in [5.74, 6) is 0. The molecule has 0 aromatic heterocycles. The lowest BCUT2D eigenvalue weighted by molar-refractivity contribution is -0.109. The van der Waals surface area contributed by atoms with Gasteiger partial charge in [-0.25, -0.2) is 0 Å². The van der Waals surface area contributed by atoms with Gasteiger partial charge >= 0.3 is 0 Å². The van der Waals surface area contributed by atoms with E-state index in [0.717, 1.165) is 12.8 Å². The summed E-state index contributed by atoms with van der Waals surface area (Å²) in [6.45, 7) is 4.54. The molecule has 1 amide bonds. The predicted molar refractivity (Wildman–Crippen MR) is 60.0 cm³/mol. The van der Waals surface area contributed by atoms with Gasteiger partial charge in [0.15, 0.2) is 0 Å². The number of carbonyl (C=O) groups is 1. The molecular formula is C12H23NO. The second-order valence-corrected chi connectivity index (χ2v) is 3.69. The first-order valence-electron chi connectivity index (χ1n) is 5.81. The molecule has 0 aromatic carbocycles. The molecule has 0 aliphatic carbocycles. The van der Waals surface area contributed by atoms with Gasteiger partial charge in [0, 0.05) is 6.54 Å². The van der Waals surface area contributed by atoms with Crippen molar-refractivity contribution >= 4 is 6.41 Å². The Morgan fingerprint density at radius 2 is 1.36 bits per heavy atom. The molecule has 0 saturated heterocycles. The van der Waals surface area contributed by atoms with E-state index < -0.39 is 0 Å². The number of nitrogens with zero attached hydrogens (tertiary/aromatic N) is 1. The molecule has 0 aromatic rings. The van der Waals surface area contributed by atoms with Crippen LogP contribution in [0, 0.1) is 6.92 Å². The number of hydrogen-bond donors (Lipinski definition) is 0. The van der Waals surface area contributed by atoms with E-state index in [1.54, 1.807) is 0 Å². The Balaban J connectivity index is 2.81. The SMILES string of the molecule is [CH2]CCCCCCCCCC[N]C=O. The highest BCUT2D eigenvalue weighted by Gasteiger charge is 1.91. The zero-order chi connectivity index (χ0) is 10.5. The topological polar surface area (TPSA) is 31.2 Å². The van der Waals surface area contributed by atoms with E-state index in [0.29, 0.717) is 13.0 Å². The van der Waals surface area contributed by atoms with Gasteiger partial charge in [0.05, 0.1) is 0 Å². The molecule has 0 saturated carbocycles. The van der Waals surface area contributed by atoms with Crippen LogP contribution in [-0.2, 0) is 4.79 Å². The lowest BCUT2D eigenvalue weighted by atomic mass is 10.1. The van der Waals surface area contributed by atoms with Crippen molar-refractivity contribution in [2.45, 2.75) is 57.8 Å². The highest BCUT2D eigenvalue weighted by atomic mass is 16.1. The average molecular weight is 197 g/mol. The molecule has 0 spiro atoms. The summed E-state index contributed by atoms with van der Waals surface area (Å²) < 4.78 is 0. The average Bonchev–Trinajstić information content (AvgIpc) is 2.21. The number of carbonyl (C=O) groups excluding carboxylic acids is 1. The number of unbranched alkanes of at least 4 members (excludes halogenated alkanes) is 8. The fraction of sp³-hybridized carbons (Fsp3) is 0.833. The first-order valence-corrected chi connectivity index (χ1v) is 5.81. The monoisotopic (exact) mass is 197 g/mol. The predicted octanol–water partition coefficient (Wildman–Crippen LogP) is 3.09. The number of amides is 1. The van der Waals surface area contributed by atoms with Gasteiger partial charge in [-0.1, -0.05) is 58.3 Å². The van der Waals surface area contributed by atoms with Gasteiger partial charge in [0.2, 0.25) is 6.41 Å². The van der Waals surface area contributed by atoms with Crippen molar-refractivity contribution in [1.29, 1.82) is 0 Å². The normalized spacial score (nSPS) is 10.1. The minimum atomic E-state index is 0.652. The summed E-state index contributed by atoms with van der Waals surface area (Å²) in [6.07, 6.45) is 12.0. The highest BCUT2D eigenvalue weighted by Crippen LogP contribution is 2.08. The minimum Gasteiger partial charge on any atom is -0.277 e. The molecule has 14 heavy (non-hydrogen) atoms. The van der Waals surface area contributed by atoms with Gasteiger partial charge in [-0.3, -0.25) is 10.1 Å². The van der Waals surface area contributed by atoms with Gasteiger partial charge in [0.25, 0.3) is 0 Å². The maximum atomic E-state index is 9.87.